The maximum absolute atomic E-state index is 12.2. The third-order valence-electron chi connectivity index (χ3n) is 6.78. The van der Waals surface area contributed by atoms with Gasteiger partial charge in [-0.15, -0.1) is 0 Å². The van der Waals surface area contributed by atoms with Gasteiger partial charge in [-0.1, -0.05) is 0 Å². The van der Waals surface area contributed by atoms with Crippen molar-refractivity contribution in [3.63, 3.8) is 0 Å². The minimum absolute atomic E-state index is 0.143. The van der Waals surface area contributed by atoms with E-state index < -0.39 is 10.8 Å². The Bertz CT molecular complexity index is 432. The molecular weight excluding hydrogens is 220 g/mol. The summed E-state index contributed by atoms with van der Waals surface area (Å²) in [6.45, 7) is 0. The Labute approximate surface area is 98.6 Å². The fourth-order valence-corrected chi connectivity index (χ4v) is 6.97. The SMILES string of the molecule is COC(=O)C12C3C4CC(C31)C1C4C12C(=O)OC. The number of carbonyl (C=O) groups is 2. The smallest absolute Gasteiger partial charge is 0.313 e. The Hall–Kier alpha value is -1.06. The monoisotopic (exact) mass is 234 g/mol. The average Bonchev–Trinajstić information content (AvgIpc) is 3.10. The van der Waals surface area contributed by atoms with Crippen LogP contribution in [-0.4, -0.2) is 26.2 Å². The summed E-state index contributed by atoms with van der Waals surface area (Å²) in [7, 11) is 2.88. The molecule has 4 nitrogen and oxygen atoms in total. The maximum atomic E-state index is 12.2. The van der Waals surface area contributed by atoms with Gasteiger partial charge in [0.05, 0.1) is 25.0 Å². The number of carbonyl (C=O) groups excluding carboxylic acids is 2. The van der Waals surface area contributed by atoms with Crippen molar-refractivity contribution in [2.75, 3.05) is 14.2 Å². The van der Waals surface area contributed by atoms with Crippen LogP contribution in [0.15, 0.2) is 0 Å². The summed E-state index contributed by atoms with van der Waals surface area (Å²) in [6.07, 6.45) is 1.24. The number of ether oxygens (including phenoxy) is 2. The van der Waals surface area contributed by atoms with Crippen molar-refractivity contribution in [3.05, 3.63) is 0 Å². The van der Waals surface area contributed by atoms with Crippen molar-refractivity contribution in [2.24, 2.45) is 46.3 Å². The molecule has 0 aliphatic heterocycles. The van der Waals surface area contributed by atoms with Crippen LogP contribution < -0.4 is 0 Å². The molecule has 4 heteroatoms. The van der Waals surface area contributed by atoms with Crippen LogP contribution in [0.4, 0.5) is 0 Å². The molecule has 4 unspecified atom stereocenters. The first-order valence-corrected chi connectivity index (χ1v) is 6.35. The van der Waals surface area contributed by atoms with Gasteiger partial charge in [0.25, 0.3) is 0 Å². The summed E-state index contributed by atoms with van der Waals surface area (Å²) in [4.78, 5) is 24.4. The molecule has 0 radical (unpaired) electrons. The van der Waals surface area contributed by atoms with Crippen LogP contribution in [0.2, 0.25) is 0 Å². The molecule has 90 valence electrons. The van der Waals surface area contributed by atoms with Crippen LogP contribution >= 0.6 is 0 Å². The van der Waals surface area contributed by atoms with Gasteiger partial charge >= 0.3 is 11.9 Å². The average molecular weight is 234 g/mol. The number of hydrogen-bond donors (Lipinski definition) is 0. The lowest BCUT2D eigenvalue weighted by atomic mass is 9.85. The fourth-order valence-electron chi connectivity index (χ4n) is 6.97. The molecule has 0 spiro atoms. The molecule has 0 aromatic heterocycles. The van der Waals surface area contributed by atoms with Crippen molar-refractivity contribution in [3.8, 4) is 0 Å². The largest absolute Gasteiger partial charge is 0.469 e. The predicted octanol–water partition coefficient (Wildman–Crippen LogP) is 0.460. The Balaban J connectivity index is 1.73. The van der Waals surface area contributed by atoms with Gasteiger partial charge in [0.2, 0.25) is 0 Å². The highest BCUT2D eigenvalue weighted by atomic mass is 16.5. The van der Waals surface area contributed by atoms with Gasteiger partial charge in [-0.05, 0) is 41.9 Å². The lowest BCUT2D eigenvalue weighted by Crippen LogP contribution is -2.36. The molecule has 6 aliphatic rings. The van der Waals surface area contributed by atoms with E-state index in [9.17, 15) is 9.59 Å². The van der Waals surface area contributed by atoms with E-state index in [1.165, 1.54) is 20.6 Å². The first kappa shape index (κ1) is 8.95. The van der Waals surface area contributed by atoms with E-state index in [1.54, 1.807) is 0 Å². The summed E-state index contributed by atoms with van der Waals surface area (Å²) in [5.74, 6) is 2.68. The van der Waals surface area contributed by atoms with Crippen molar-refractivity contribution in [1.29, 1.82) is 0 Å². The van der Waals surface area contributed by atoms with E-state index in [0.717, 1.165) is 0 Å². The Morgan fingerprint density at radius 2 is 1.24 bits per heavy atom. The Kier molecular flexibility index (Phi) is 1.06. The van der Waals surface area contributed by atoms with E-state index >= 15 is 0 Å². The zero-order valence-electron chi connectivity index (χ0n) is 9.80. The fraction of sp³-hybridized carbons (Fsp3) is 0.846. The van der Waals surface area contributed by atoms with Gasteiger partial charge in [0.1, 0.15) is 0 Å². The summed E-state index contributed by atoms with van der Waals surface area (Å²) < 4.78 is 10.0. The lowest BCUT2D eigenvalue weighted by Gasteiger charge is -2.20. The molecule has 0 N–H and O–H groups in total. The standard InChI is InChI=1S/C13H14O4/c1-16-10(14)12-6-4-3-5(7(6)12)9-8(4)13(9,12)11(15)17-2/h4-9H,3H2,1-2H3. The normalized spacial score (nSPS) is 65.8. The van der Waals surface area contributed by atoms with Crippen LogP contribution in [0, 0.1) is 46.3 Å². The second-order valence-corrected chi connectivity index (χ2v) is 6.39. The quantitative estimate of drug-likeness (QED) is 0.651. The number of hydrogen-bond acceptors (Lipinski definition) is 4. The van der Waals surface area contributed by atoms with Crippen molar-refractivity contribution in [1.82, 2.24) is 0 Å². The molecule has 0 aromatic rings. The molecule has 2 bridgehead atoms. The molecule has 6 fully saturated rings. The van der Waals surface area contributed by atoms with E-state index in [2.05, 4.69) is 0 Å². The molecule has 0 amide bonds. The minimum atomic E-state index is -0.461. The van der Waals surface area contributed by atoms with Crippen molar-refractivity contribution in [2.45, 2.75) is 6.42 Å². The van der Waals surface area contributed by atoms with Gasteiger partial charge in [0.15, 0.2) is 0 Å². The minimum Gasteiger partial charge on any atom is -0.469 e. The predicted molar refractivity (Wildman–Crippen MR) is 54.5 cm³/mol. The van der Waals surface area contributed by atoms with E-state index in [4.69, 9.17) is 9.47 Å². The van der Waals surface area contributed by atoms with Gasteiger partial charge < -0.3 is 9.47 Å². The third-order valence-corrected chi connectivity index (χ3v) is 6.78. The molecule has 6 saturated carbocycles. The molecule has 17 heavy (non-hydrogen) atoms. The highest BCUT2D eigenvalue weighted by Gasteiger charge is 3.09. The van der Waals surface area contributed by atoms with E-state index in [1.807, 2.05) is 0 Å². The second kappa shape index (κ2) is 2.02. The van der Waals surface area contributed by atoms with Crippen LogP contribution in [0.25, 0.3) is 0 Å². The summed E-state index contributed by atoms with van der Waals surface area (Å²) in [5.41, 5.74) is -0.921. The van der Waals surface area contributed by atoms with Crippen LogP contribution in [0.1, 0.15) is 6.42 Å². The molecule has 6 aliphatic carbocycles. The van der Waals surface area contributed by atoms with Gasteiger partial charge in [-0.3, -0.25) is 9.59 Å². The third kappa shape index (κ3) is 0.483. The molecule has 0 heterocycles. The van der Waals surface area contributed by atoms with E-state index in [-0.39, 0.29) is 11.9 Å². The molecule has 6 rings (SSSR count). The summed E-state index contributed by atoms with van der Waals surface area (Å²) in [6, 6.07) is 0. The summed E-state index contributed by atoms with van der Waals surface area (Å²) >= 11 is 0. The second-order valence-electron chi connectivity index (χ2n) is 6.39. The lowest BCUT2D eigenvalue weighted by molar-refractivity contribution is -0.162. The zero-order chi connectivity index (χ0) is 11.7. The van der Waals surface area contributed by atoms with Crippen LogP contribution in [0.5, 0.6) is 0 Å². The van der Waals surface area contributed by atoms with Gasteiger partial charge in [-0.25, -0.2) is 0 Å². The molecule has 4 atom stereocenters. The van der Waals surface area contributed by atoms with E-state index in [0.29, 0.717) is 35.5 Å². The number of rotatable bonds is 2. The van der Waals surface area contributed by atoms with Crippen molar-refractivity contribution < 1.29 is 19.1 Å². The number of methoxy groups -OCH3 is 2. The number of esters is 2. The topological polar surface area (TPSA) is 52.6 Å². The van der Waals surface area contributed by atoms with Crippen LogP contribution in [-0.2, 0) is 19.1 Å². The maximum Gasteiger partial charge on any atom is 0.313 e. The Morgan fingerprint density at radius 1 is 0.882 bits per heavy atom. The zero-order valence-corrected chi connectivity index (χ0v) is 9.80. The molecule has 0 aromatic carbocycles. The van der Waals surface area contributed by atoms with Crippen LogP contribution in [0.3, 0.4) is 0 Å². The van der Waals surface area contributed by atoms with Crippen molar-refractivity contribution >= 4 is 11.9 Å². The molecule has 0 saturated heterocycles. The van der Waals surface area contributed by atoms with Gasteiger partial charge in [-0.2, -0.15) is 0 Å². The van der Waals surface area contributed by atoms with Gasteiger partial charge in [0, 0.05) is 0 Å². The highest BCUT2D eigenvalue weighted by molar-refractivity contribution is 5.99. The Morgan fingerprint density at radius 3 is 1.53 bits per heavy atom. The first-order chi connectivity index (χ1) is 8.18. The summed E-state index contributed by atoms with van der Waals surface area (Å²) in [5, 5.41) is 0. The first-order valence-electron chi connectivity index (χ1n) is 6.35. The highest BCUT2D eigenvalue weighted by Crippen LogP contribution is 3.05. The molecular formula is C13H14O4.